The van der Waals surface area contributed by atoms with Crippen molar-refractivity contribution < 1.29 is 57.9 Å². The maximum absolute atomic E-state index is 4.79. The Bertz CT molecular complexity index is 3450. The molecule has 82 heavy (non-hydrogen) atoms. The van der Waals surface area contributed by atoms with Crippen LogP contribution in [-0.4, -0.2) is 93.0 Å². The van der Waals surface area contributed by atoms with Gasteiger partial charge in [-0.2, -0.15) is 26.6 Å². The number of H-pyrrole nitrogens is 4. The van der Waals surface area contributed by atoms with Crippen LogP contribution in [0.1, 0.15) is 0 Å². The summed E-state index contributed by atoms with van der Waals surface area (Å²) in [5.41, 5.74) is 8.10. The summed E-state index contributed by atoms with van der Waals surface area (Å²) in [5.74, 6) is 0. The molecule has 0 amide bonds. The van der Waals surface area contributed by atoms with Crippen LogP contribution in [-0.2, 0) is 0 Å². The van der Waals surface area contributed by atoms with Gasteiger partial charge in [0.25, 0.3) is 0 Å². The summed E-state index contributed by atoms with van der Waals surface area (Å²) in [6.07, 6.45) is 23.4. The first-order chi connectivity index (χ1) is 39.7. The van der Waals surface area contributed by atoms with Crippen LogP contribution in [0.3, 0.4) is 0 Å². The Balaban J connectivity index is 0.000000168. The predicted octanol–water partition coefficient (Wildman–Crippen LogP) is -5.97. The molecule has 14 aromatic rings. The number of hydrogen-bond acceptors (Lipinski definition) is 6. The monoisotopic (exact) mass is 1060 g/mol. The van der Waals surface area contributed by atoms with Gasteiger partial charge in [0.2, 0.25) is 0 Å². The molecule has 0 fully saturated rings. The van der Waals surface area contributed by atoms with Gasteiger partial charge < -0.3 is 27.6 Å². The summed E-state index contributed by atoms with van der Waals surface area (Å²) < 4.78 is 16.3. The Morgan fingerprint density at radius 1 is 0.244 bits per heavy atom. The van der Waals surface area contributed by atoms with E-state index in [0.29, 0.717) is 0 Å². The van der Waals surface area contributed by atoms with E-state index in [9.17, 15) is 0 Å². The summed E-state index contributed by atoms with van der Waals surface area (Å²) >= 11 is 0. The molecular weight excluding hydrogens is 1010 g/mol. The van der Waals surface area contributed by atoms with E-state index >= 15 is 0 Å². The second-order valence-electron chi connectivity index (χ2n) is 19.9. The second kappa shape index (κ2) is 23.6. The third-order valence-electron chi connectivity index (χ3n) is 15.9. The molecule has 0 radical (unpaired) electrons. The van der Waals surface area contributed by atoms with Crippen LogP contribution in [0.5, 0.6) is 0 Å². The molecule has 14 rings (SSSR count). The van der Waals surface area contributed by atoms with Crippen LogP contribution in [0, 0.1) is 0 Å². The minimum Gasteiger partial charge on any atom is -0.408 e. The van der Waals surface area contributed by atoms with Gasteiger partial charge in [-0.3, -0.25) is 19.2 Å². The van der Waals surface area contributed by atoms with E-state index in [1.807, 2.05) is 187 Å². The van der Waals surface area contributed by atoms with Crippen molar-refractivity contribution in [3.8, 4) is 0 Å². The molecule has 388 valence electrons. The smallest absolute Gasteiger partial charge is 0.408 e. The fourth-order valence-electron chi connectivity index (χ4n) is 12.5. The van der Waals surface area contributed by atoms with E-state index < -0.39 is 25.7 Å². The Morgan fingerprint density at radius 3 is 0.707 bits per heavy atom. The molecule has 0 aliphatic carbocycles. The van der Waals surface area contributed by atoms with Gasteiger partial charge in [0.15, 0.2) is 12.4 Å². The minimum absolute atomic E-state index is 0. The predicted molar refractivity (Wildman–Crippen MR) is 310 cm³/mol. The number of aromatic amines is 4. The zero-order valence-corrected chi connectivity index (χ0v) is 45.4. The molecule has 0 saturated heterocycles. The maximum Gasteiger partial charge on any atom is 1.00 e. The van der Waals surface area contributed by atoms with Gasteiger partial charge in [0.05, 0.1) is 22.4 Å². The van der Waals surface area contributed by atoms with Crippen molar-refractivity contribution in [3.63, 3.8) is 0 Å². The summed E-state index contributed by atoms with van der Waals surface area (Å²) in [4.78, 5) is 7.82. The number of benzene rings is 4. The molecule has 4 aromatic carbocycles. The van der Waals surface area contributed by atoms with E-state index in [2.05, 4.69) is 151 Å². The molecular formula is C58H54B4Li2N18+2. The van der Waals surface area contributed by atoms with Crippen molar-refractivity contribution in [1.82, 2.24) is 67.3 Å². The van der Waals surface area contributed by atoms with Crippen LogP contribution in [0.2, 0.25) is 0 Å². The molecule has 0 saturated carbocycles. The van der Waals surface area contributed by atoms with Gasteiger partial charge in [-0.15, -0.1) is 5.46 Å². The number of nitrogens with one attached hydrogen (secondary N) is 4. The molecule has 0 spiro atoms. The largest absolute Gasteiger partial charge is 1.00 e. The van der Waals surface area contributed by atoms with Crippen molar-refractivity contribution >= 4 is 69.9 Å². The van der Waals surface area contributed by atoms with E-state index in [0.717, 1.165) is 44.2 Å². The number of pyridine rings is 2. The number of nitrogens with zero attached hydrogens (tertiary/aromatic N) is 14. The first kappa shape index (κ1) is 54.3. The van der Waals surface area contributed by atoms with Gasteiger partial charge >= 0.3 is 63.4 Å². The van der Waals surface area contributed by atoms with Crippen LogP contribution in [0.15, 0.2) is 305 Å². The molecule has 0 bridgehead atoms. The first-order valence-corrected chi connectivity index (χ1v) is 26.7. The number of aromatic nitrogens is 18. The minimum atomic E-state index is -1.90. The second-order valence-corrected chi connectivity index (χ2v) is 19.9. The quantitative estimate of drug-likeness (QED) is 0.0873. The van der Waals surface area contributed by atoms with Crippen molar-refractivity contribution in [3.05, 3.63) is 305 Å². The average molecular weight is 1060 g/mol. The SMILES string of the molecule is [Li+].[Li+].c1ccc([B-](c2cccc([B-](c3ccccc3)(n3ccc[nH+]3)n3ccc[nH+]3)[nH+]2)(n2cccn2)n2cccn2)cc1.c1ccc([B-](c2cccc([B-](c3ccccc3)(n3cccn3)n3cccn3)[nH+]2)(n2cccn2)n2cccn2)cc1. The van der Waals surface area contributed by atoms with Crippen LogP contribution < -0.4 is 102 Å². The molecule has 18 nitrogen and oxygen atoms in total. The third-order valence-corrected chi connectivity index (χ3v) is 15.9. The first-order valence-electron chi connectivity index (χ1n) is 26.7. The van der Waals surface area contributed by atoms with Gasteiger partial charge in [-0.05, 0) is 97.8 Å². The van der Waals surface area contributed by atoms with Gasteiger partial charge in [-0.25, -0.2) is 30.6 Å². The molecule has 0 atom stereocenters. The van der Waals surface area contributed by atoms with Gasteiger partial charge in [0.1, 0.15) is 0 Å². The Hall–Kier alpha value is -9.69. The van der Waals surface area contributed by atoms with Crippen LogP contribution in [0.25, 0.3) is 0 Å². The van der Waals surface area contributed by atoms with Crippen molar-refractivity contribution in [2.75, 3.05) is 0 Å². The summed E-state index contributed by atoms with van der Waals surface area (Å²) in [6.45, 7) is 0. The zero-order chi connectivity index (χ0) is 53.7. The molecule has 0 aliphatic rings. The van der Waals surface area contributed by atoms with Crippen molar-refractivity contribution in [2.45, 2.75) is 0 Å². The standard InChI is InChI=1S/2C29H25B2N9.2Li/c2*1-3-12-26(13-4-1)30(37-22-8-18-32-37,38-23-9-19-33-38)28-16-7-17-29(36-28)31(39-24-10-20-34-39,40-25-11-21-35-40)27-14-5-2-6-15-27;;/h2*1-25H;;/q2*-2;2*+1/p+4. The molecule has 24 heteroatoms. The maximum atomic E-state index is 4.79. The van der Waals surface area contributed by atoms with Gasteiger partial charge in [-0.1, -0.05) is 133 Å². The topological polar surface area (TPSA) is 173 Å². The fraction of sp³-hybridized carbons (Fsp3) is 0. The summed E-state index contributed by atoms with van der Waals surface area (Å²) in [5, 5.41) is 35.6. The molecule has 0 aliphatic heterocycles. The normalized spacial score (nSPS) is 11.7. The van der Waals surface area contributed by atoms with Crippen molar-refractivity contribution in [1.29, 1.82) is 0 Å². The zero-order valence-electron chi connectivity index (χ0n) is 45.4. The van der Waals surface area contributed by atoms with E-state index in [1.165, 1.54) is 0 Å². The third kappa shape index (κ3) is 8.95. The van der Waals surface area contributed by atoms with E-state index in [4.69, 9.17) is 30.6 Å². The fourth-order valence-corrected chi connectivity index (χ4v) is 12.5. The Kier molecular flexibility index (Phi) is 15.6. The van der Waals surface area contributed by atoms with E-state index in [1.54, 1.807) is 24.8 Å². The Labute approximate surface area is 497 Å². The number of hydrogen-bond donors (Lipinski definition) is 0. The van der Waals surface area contributed by atoms with Crippen molar-refractivity contribution in [2.24, 2.45) is 0 Å². The molecule has 4 N–H and O–H groups in total. The Morgan fingerprint density at radius 2 is 0.488 bits per heavy atom. The summed E-state index contributed by atoms with van der Waals surface area (Å²) in [6, 6.07) is 70.1. The molecule has 10 aromatic heterocycles. The van der Waals surface area contributed by atoms with Crippen LogP contribution in [0.4, 0.5) is 0 Å². The van der Waals surface area contributed by atoms with Crippen LogP contribution >= 0.6 is 0 Å². The molecule has 10 heterocycles. The molecule has 0 unspecified atom stereocenters. The van der Waals surface area contributed by atoms with E-state index in [-0.39, 0.29) is 37.7 Å². The summed E-state index contributed by atoms with van der Waals surface area (Å²) in [7, 11) is 0. The number of rotatable bonds is 16. The van der Waals surface area contributed by atoms with Gasteiger partial charge in [0, 0.05) is 61.7 Å². The average Bonchev–Trinajstić information content (AvgIpc) is 4.50.